The smallest absolute Gasteiger partial charge is 0.178 e. The number of hydrogen-bond acceptors (Lipinski definition) is 4. The minimum absolute atomic E-state index is 0.197. The van der Waals surface area contributed by atoms with E-state index >= 15 is 0 Å². The molecule has 1 unspecified atom stereocenters. The number of hydrogen-bond donors (Lipinski definition) is 1. The number of aliphatic hydroxyl groups excluding tert-OH is 1. The molecule has 0 spiro atoms. The Kier molecular flexibility index (Phi) is 5.05. The molecule has 0 aliphatic carbocycles. The number of piperidine rings is 1. The molecule has 112 valence electrons. The molecule has 1 saturated heterocycles. The summed E-state index contributed by atoms with van der Waals surface area (Å²) in [7, 11) is -3.13. The van der Waals surface area contributed by atoms with Crippen molar-refractivity contribution in [2.75, 3.05) is 30.3 Å². The average molecular weight is 297 g/mol. The number of nitrogens with zero attached hydrogens (tertiary/aromatic N) is 1. The Bertz CT molecular complexity index is 525. The first-order valence-electron chi connectivity index (χ1n) is 7.25. The molecule has 1 atom stereocenters. The quantitative estimate of drug-likeness (QED) is 0.904. The summed E-state index contributed by atoms with van der Waals surface area (Å²) in [6.45, 7) is 3.91. The first-order valence-corrected chi connectivity index (χ1v) is 8.90. The molecule has 1 aliphatic heterocycles. The number of sulfone groups is 1. The van der Waals surface area contributed by atoms with Gasteiger partial charge in [-0.05, 0) is 49.4 Å². The van der Waals surface area contributed by atoms with Crippen LogP contribution < -0.4 is 4.90 Å². The van der Waals surface area contributed by atoms with Crippen molar-refractivity contribution >= 4 is 15.5 Å². The Hall–Kier alpha value is -1.07. The van der Waals surface area contributed by atoms with Gasteiger partial charge in [0, 0.05) is 25.4 Å². The summed E-state index contributed by atoms with van der Waals surface area (Å²) < 4.78 is 23.9. The van der Waals surface area contributed by atoms with Crippen LogP contribution in [0.4, 0.5) is 5.69 Å². The Morgan fingerprint density at radius 2 is 2.00 bits per heavy atom. The maximum absolute atomic E-state index is 12.0. The second-order valence-corrected chi connectivity index (χ2v) is 7.56. The Labute approximate surface area is 121 Å². The Balaban J connectivity index is 2.12. The highest BCUT2D eigenvalue weighted by Gasteiger charge is 2.20. The molecule has 1 N–H and O–H groups in total. The summed E-state index contributed by atoms with van der Waals surface area (Å²) in [4.78, 5) is 2.62. The van der Waals surface area contributed by atoms with Crippen molar-refractivity contribution in [3.05, 3.63) is 24.3 Å². The molecule has 0 aromatic heterocycles. The summed E-state index contributed by atoms with van der Waals surface area (Å²) in [6.07, 6.45) is 2.77. The van der Waals surface area contributed by atoms with Gasteiger partial charge in [0.05, 0.1) is 10.6 Å². The van der Waals surface area contributed by atoms with Crippen molar-refractivity contribution in [3.8, 4) is 0 Å². The topological polar surface area (TPSA) is 57.6 Å². The fraction of sp³-hybridized carbons (Fsp3) is 0.600. The van der Waals surface area contributed by atoms with Gasteiger partial charge in [0.2, 0.25) is 0 Å². The molecule has 1 aromatic carbocycles. The van der Waals surface area contributed by atoms with Crippen LogP contribution in [-0.4, -0.2) is 39.0 Å². The molecular weight excluding hydrogens is 274 g/mol. The molecule has 1 aliphatic rings. The van der Waals surface area contributed by atoms with Gasteiger partial charge in [-0.25, -0.2) is 8.42 Å². The molecule has 0 saturated carbocycles. The van der Waals surface area contributed by atoms with Crippen LogP contribution in [0.1, 0.15) is 26.2 Å². The van der Waals surface area contributed by atoms with Crippen LogP contribution in [0.25, 0.3) is 0 Å². The van der Waals surface area contributed by atoms with Gasteiger partial charge in [0.15, 0.2) is 9.84 Å². The molecule has 0 bridgehead atoms. The maximum Gasteiger partial charge on any atom is 0.178 e. The van der Waals surface area contributed by atoms with E-state index in [4.69, 9.17) is 0 Å². The Morgan fingerprint density at radius 3 is 2.60 bits per heavy atom. The highest BCUT2D eigenvalue weighted by atomic mass is 32.2. The van der Waals surface area contributed by atoms with E-state index in [9.17, 15) is 13.5 Å². The van der Waals surface area contributed by atoms with E-state index in [-0.39, 0.29) is 12.4 Å². The zero-order valence-electron chi connectivity index (χ0n) is 12.0. The molecule has 1 fully saturated rings. The van der Waals surface area contributed by atoms with Crippen LogP contribution in [0.3, 0.4) is 0 Å². The SMILES string of the molecule is CCCS(=O)(=O)c1ccc(N2CCCC(CO)C2)cc1. The summed E-state index contributed by atoms with van der Waals surface area (Å²) in [5, 5.41) is 9.26. The van der Waals surface area contributed by atoms with Crippen molar-refractivity contribution in [2.24, 2.45) is 5.92 Å². The fourth-order valence-corrected chi connectivity index (χ4v) is 4.02. The summed E-state index contributed by atoms with van der Waals surface area (Å²) in [6, 6.07) is 7.15. The van der Waals surface area contributed by atoms with Crippen LogP contribution in [0.2, 0.25) is 0 Å². The first kappa shape index (κ1) is 15.3. The number of benzene rings is 1. The number of aliphatic hydroxyl groups is 1. The van der Waals surface area contributed by atoms with Crippen LogP contribution in [-0.2, 0) is 9.84 Å². The lowest BCUT2D eigenvalue weighted by atomic mass is 9.98. The molecule has 1 aromatic rings. The van der Waals surface area contributed by atoms with E-state index in [1.165, 1.54) is 0 Å². The van der Waals surface area contributed by atoms with E-state index in [0.29, 0.717) is 17.2 Å². The van der Waals surface area contributed by atoms with E-state index < -0.39 is 9.84 Å². The van der Waals surface area contributed by atoms with Gasteiger partial charge >= 0.3 is 0 Å². The highest BCUT2D eigenvalue weighted by Crippen LogP contribution is 2.24. The van der Waals surface area contributed by atoms with Gasteiger partial charge in [-0.15, -0.1) is 0 Å². The predicted octanol–water partition coefficient (Wildman–Crippen LogP) is 2.08. The van der Waals surface area contributed by atoms with E-state index in [0.717, 1.165) is 31.6 Å². The van der Waals surface area contributed by atoms with E-state index in [2.05, 4.69) is 4.90 Å². The second kappa shape index (κ2) is 6.59. The van der Waals surface area contributed by atoms with Crippen LogP contribution in [0, 0.1) is 5.92 Å². The zero-order chi connectivity index (χ0) is 14.6. The highest BCUT2D eigenvalue weighted by molar-refractivity contribution is 7.91. The molecule has 0 amide bonds. The average Bonchev–Trinajstić information content (AvgIpc) is 2.47. The minimum atomic E-state index is -3.13. The maximum atomic E-state index is 12.0. The lowest BCUT2D eigenvalue weighted by molar-refractivity contribution is 0.209. The number of anilines is 1. The Morgan fingerprint density at radius 1 is 1.30 bits per heavy atom. The fourth-order valence-electron chi connectivity index (χ4n) is 2.70. The zero-order valence-corrected chi connectivity index (χ0v) is 12.8. The molecule has 1 heterocycles. The van der Waals surface area contributed by atoms with Crippen molar-refractivity contribution in [2.45, 2.75) is 31.1 Å². The van der Waals surface area contributed by atoms with Crippen molar-refractivity contribution in [1.29, 1.82) is 0 Å². The lowest BCUT2D eigenvalue weighted by Gasteiger charge is -2.33. The minimum Gasteiger partial charge on any atom is -0.396 e. The predicted molar refractivity (Wildman–Crippen MR) is 80.8 cm³/mol. The van der Waals surface area contributed by atoms with Gasteiger partial charge in [0.1, 0.15) is 0 Å². The normalized spacial score (nSPS) is 20.1. The van der Waals surface area contributed by atoms with Gasteiger partial charge in [0.25, 0.3) is 0 Å². The first-order chi connectivity index (χ1) is 9.56. The molecule has 2 rings (SSSR count). The summed E-state index contributed by atoms with van der Waals surface area (Å²) in [5.41, 5.74) is 1.04. The van der Waals surface area contributed by atoms with E-state index in [1.807, 2.05) is 19.1 Å². The van der Waals surface area contributed by atoms with Gasteiger partial charge < -0.3 is 10.0 Å². The molecule has 4 nitrogen and oxygen atoms in total. The second-order valence-electron chi connectivity index (χ2n) is 5.45. The summed E-state index contributed by atoms with van der Waals surface area (Å²) in [5.74, 6) is 0.523. The third kappa shape index (κ3) is 3.52. The molecule has 20 heavy (non-hydrogen) atoms. The molecular formula is C15H23NO3S. The van der Waals surface area contributed by atoms with Crippen molar-refractivity contribution in [1.82, 2.24) is 0 Å². The van der Waals surface area contributed by atoms with Crippen molar-refractivity contribution in [3.63, 3.8) is 0 Å². The molecule has 0 radical (unpaired) electrons. The van der Waals surface area contributed by atoms with Gasteiger partial charge in [-0.2, -0.15) is 0 Å². The van der Waals surface area contributed by atoms with Crippen LogP contribution in [0.15, 0.2) is 29.2 Å². The summed E-state index contributed by atoms with van der Waals surface area (Å²) >= 11 is 0. The third-order valence-corrected chi connectivity index (χ3v) is 5.75. The third-order valence-electron chi connectivity index (χ3n) is 3.81. The van der Waals surface area contributed by atoms with Gasteiger partial charge in [-0.3, -0.25) is 0 Å². The largest absolute Gasteiger partial charge is 0.396 e. The van der Waals surface area contributed by atoms with Crippen molar-refractivity contribution < 1.29 is 13.5 Å². The van der Waals surface area contributed by atoms with E-state index in [1.54, 1.807) is 12.1 Å². The standard InChI is InChI=1S/C15H23NO3S/c1-2-10-20(18,19)15-7-5-14(6-8-15)16-9-3-4-13(11-16)12-17/h5-8,13,17H,2-4,9-12H2,1H3. The lowest BCUT2D eigenvalue weighted by Crippen LogP contribution is -2.36. The van der Waals surface area contributed by atoms with Crippen LogP contribution in [0.5, 0.6) is 0 Å². The number of rotatable bonds is 5. The van der Waals surface area contributed by atoms with Crippen LogP contribution >= 0.6 is 0 Å². The monoisotopic (exact) mass is 297 g/mol. The van der Waals surface area contributed by atoms with Gasteiger partial charge in [-0.1, -0.05) is 6.92 Å². The molecule has 5 heteroatoms.